The molecule has 4 aromatic carbocycles. The molecule has 68 heavy (non-hydrogen) atoms. The van der Waals surface area contributed by atoms with Gasteiger partial charge in [0.05, 0.1) is 49.2 Å². The molecule has 0 radical (unpaired) electrons. The zero-order valence-electron chi connectivity index (χ0n) is 38.7. The van der Waals surface area contributed by atoms with Crippen molar-refractivity contribution in [3.8, 4) is 67.5 Å². The smallest absolute Gasteiger partial charge is 0.127 e. The third-order valence-corrected chi connectivity index (χ3v) is 13.9. The molecule has 0 amide bonds. The Balaban J connectivity index is 1.43. The molecule has 0 saturated heterocycles. The van der Waals surface area contributed by atoms with Gasteiger partial charge in [0.1, 0.15) is 23.0 Å². The Morgan fingerprint density at radius 1 is 0.338 bits per heavy atom. The number of fused-ring (bicyclic) bond motifs is 8. The van der Waals surface area contributed by atoms with Crippen molar-refractivity contribution < 1.29 is 18.9 Å². The Bertz CT molecular complexity index is 2720. The molecule has 0 saturated carbocycles. The predicted molar refractivity (Wildman–Crippen MR) is 296 cm³/mol. The monoisotopic (exact) mass is 974 g/mol. The molecule has 2 aliphatic heterocycles. The Hall–Kier alpha value is -5.92. The fourth-order valence-electron chi connectivity index (χ4n) is 8.47. The van der Waals surface area contributed by atoms with E-state index < -0.39 is 0 Å². The summed E-state index contributed by atoms with van der Waals surface area (Å²) in [6.07, 6.45) is 16.9. The van der Waals surface area contributed by atoms with Gasteiger partial charge < -0.3 is 28.9 Å². The highest BCUT2D eigenvalue weighted by Gasteiger charge is 2.23. The number of benzene rings is 4. The van der Waals surface area contributed by atoms with Gasteiger partial charge in [-0.1, -0.05) is 72.8 Å². The first-order valence-corrected chi connectivity index (χ1v) is 28.2. The second-order valence-corrected chi connectivity index (χ2v) is 19.8. The van der Waals surface area contributed by atoms with Gasteiger partial charge in [0.25, 0.3) is 0 Å². The zero-order chi connectivity index (χ0) is 46.7. The van der Waals surface area contributed by atoms with Crippen molar-refractivity contribution in [3.05, 3.63) is 144 Å². The summed E-state index contributed by atoms with van der Waals surface area (Å²) in [5.41, 5.74) is 14.1. The molecule has 7 aromatic rings. The molecular formula is C56H54N4O4S4. The minimum absolute atomic E-state index is 0.575. The molecule has 8 bridgehead atoms. The molecule has 8 nitrogen and oxygen atoms in total. The van der Waals surface area contributed by atoms with Crippen molar-refractivity contribution in [1.82, 2.24) is 19.9 Å². The van der Waals surface area contributed by atoms with E-state index >= 15 is 0 Å². The van der Waals surface area contributed by atoms with E-state index in [2.05, 4.69) is 132 Å². The van der Waals surface area contributed by atoms with Crippen molar-refractivity contribution in [2.45, 2.75) is 0 Å². The van der Waals surface area contributed by atoms with Crippen LogP contribution in [0.25, 0.3) is 90.9 Å². The topological polar surface area (TPSA) is 94.3 Å². The highest BCUT2D eigenvalue weighted by Crippen LogP contribution is 2.44. The Labute approximate surface area is 415 Å². The van der Waals surface area contributed by atoms with E-state index in [1.807, 2.05) is 48.5 Å². The standard InChI is InChI=1S/C56H54N4O4S4/c1-65-33-29-61-49-17-9-5-13-37(49)53-41-21-23-43(57-41)54(38-14-6-10-18-50(38)62-30-34-66-2)45-25-27-47(59-45)56(40-16-8-12-20-52(40)64-32-36-68-4)48-28-26-46(60-48)55(44-24-22-42(53)58-44)39-15-7-11-19-51(39)63-31-35-67-3/h5-28,57,60H,29-36H2,1-4H3. The van der Waals surface area contributed by atoms with Crippen LogP contribution in [0.3, 0.4) is 0 Å². The lowest BCUT2D eigenvalue weighted by molar-refractivity contribution is 0.345. The molecule has 2 N–H and O–H groups in total. The summed E-state index contributed by atoms with van der Waals surface area (Å²) in [5.74, 6) is 6.62. The summed E-state index contributed by atoms with van der Waals surface area (Å²) in [6, 6.07) is 41.6. The molecule has 0 atom stereocenters. The molecule has 12 heteroatoms. The van der Waals surface area contributed by atoms with Crippen molar-refractivity contribution in [1.29, 1.82) is 0 Å². The number of hydrogen-bond acceptors (Lipinski definition) is 10. The Morgan fingerprint density at radius 3 is 0.809 bits per heavy atom. The van der Waals surface area contributed by atoms with Gasteiger partial charge >= 0.3 is 0 Å². The highest BCUT2D eigenvalue weighted by molar-refractivity contribution is 7.99. The summed E-state index contributed by atoms with van der Waals surface area (Å²) < 4.78 is 26.1. The van der Waals surface area contributed by atoms with Gasteiger partial charge in [-0.05, 0) is 97.9 Å². The average Bonchev–Trinajstić information content (AvgIpc) is 4.22. The van der Waals surface area contributed by atoms with Crippen LogP contribution in [0.1, 0.15) is 22.8 Å². The lowest BCUT2D eigenvalue weighted by Gasteiger charge is -2.14. The van der Waals surface area contributed by atoms with Gasteiger partial charge in [-0.15, -0.1) is 0 Å². The maximum Gasteiger partial charge on any atom is 0.127 e. The Kier molecular flexibility index (Phi) is 15.9. The molecule has 2 aliphatic rings. The number of aromatic amines is 2. The first-order valence-electron chi connectivity index (χ1n) is 22.6. The molecule has 0 unspecified atom stereocenters. The van der Waals surface area contributed by atoms with Gasteiger partial charge in [-0.25, -0.2) is 9.97 Å². The summed E-state index contributed by atoms with van der Waals surface area (Å²) >= 11 is 7.04. The Morgan fingerprint density at radius 2 is 0.574 bits per heavy atom. The quantitative estimate of drug-likeness (QED) is 0.0719. The first kappa shape index (κ1) is 47.2. The minimum Gasteiger partial charge on any atom is -0.492 e. The van der Waals surface area contributed by atoms with Crippen molar-refractivity contribution in [2.24, 2.45) is 0 Å². The van der Waals surface area contributed by atoms with Gasteiger partial charge in [0.15, 0.2) is 0 Å². The molecule has 0 aliphatic carbocycles. The maximum absolute atomic E-state index is 6.54. The number of aromatic nitrogens is 4. The third kappa shape index (κ3) is 10.4. The second kappa shape index (κ2) is 22.9. The fourth-order valence-corrected chi connectivity index (χ4v) is 9.47. The zero-order valence-corrected chi connectivity index (χ0v) is 41.9. The van der Waals surface area contributed by atoms with Crippen molar-refractivity contribution >= 4 is 93.4 Å². The van der Waals surface area contributed by atoms with Gasteiger partial charge in [0, 0.05) is 89.6 Å². The van der Waals surface area contributed by atoms with E-state index in [9.17, 15) is 0 Å². The van der Waals surface area contributed by atoms with Crippen LogP contribution in [0.5, 0.6) is 23.0 Å². The number of nitrogens with one attached hydrogen (secondary N) is 2. The summed E-state index contributed by atoms with van der Waals surface area (Å²) in [4.78, 5) is 19.0. The van der Waals surface area contributed by atoms with E-state index in [0.29, 0.717) is 26.4 Å². The van der Waals surface area contributed by atoms with E-state index in [-0.39, 0.29) is 0 Å². The fraction of sp³-hybridized carbons (Fsp3) is 0.214. The van der Waals surface area contributed by atoms with E-state index in [1.54, 1.807) is 47.0 Å². The van der Waals surface area contributed by atoms with Crippen LogP contribution in [-0.2, 0) is 0 Å². The summed E-state index contributed by atoms with van der Waals surface area (Å²) in [5, 5.41) is 0. The third-order valence-electron chi connectivity index (χ3n) is 11.6. The van der Waals surface area contributed by atoms with Crippen LogP contribution in [0, 0.1) is 0 Å². The average molecular weight is 975 g/mol. The van der Waals surface area contributed by atoms with Gasteiger partial charge in [0.2, 0.25) is 0 Å². The van der Waals surface area contributed by atoms with Crippen LogP contribution in [0.4, 0.5) is 0 Å². The number of rotatable bonds is 20. The molecule has 5 heterocycles. The largest absolute Gasteiger partial charge is 0.492 e. The number of ether oxygens (including phenoxy) is 4. The van der Waals surface area contributed by atoms with Gasteiger partial charge in [-0.2, -0.15) is 47.0 Å². The number of thioether (sulfide) groups is 4. The van der Waals surface area contributed by atoms with Crippen LogP contribution >= 0.6 is 47.0 Å². The van der Waals surface area contributed by atoms with E-state index in [0.717, 1.165) is 135 Å². The van der Waals surface area contributed by atoms with Crippen LogP contribution in [-0.4, -0.2) is 94.4 Å². The lowest BCUT2D eigenvalue weighted by Crippen LogP contribution is -2.02. The maximum atomic E-state index is 6.54. The van der Waals surface area contributed by atoms with Crippen molar-refractivity contribution in [3.63, 3.8) is 0 Å². The first-order chi connectivity index (χ1) is 33.6. The molecule has 0 fully saturated rings. The lowest BCUT2D eigenvalue weighted by atomic mass is 10.0. The minimum atomic E-state index is 0.575. The second-order valence-electron chi connectivity index (χ2n) is 15.9. The molecule has 0 spiro atoms. The van der Waals surface area contributed by atoms with Crippen LogP contribution in [0.2, 0.25) is 0 Å². The summed E-state index contributed by atoms with van der Waals surface area (Å²) in [7, 11) is 0. The number of para-hydroxylation sites is 4. The molecule has 3 aromatic heterocycles. The summed E-state index contributed by atoms with van der Waals surface area (Å²) in [6.45, 7) is 2.30. The van der Waals surface area contributed by atoms with Crippen molar-refractivity contribution in [2.75, 3.05) is 74.5 Å². The number of nitrogens with zero attached hydrogens (tertiary/aromatic N) is 2. The van der Waals surface area contributed by atoms with Crippen LogP contribution < -0.4 is 18.9 Å². The van der Waals surface area contributed by atoms with Gasteiger partial charge in [-0.3, -0.25) is 0 Å². The molecular weight excluding hydrogens is 921 g/mol. The molecule has 9 rings (SSSR count). The number of H-pyrrole nitrogens is 2. The van der Waals surface area contributed by atoms with E-state index in [4.69, 9.17) is 28.9 Å². The normalized spacial score (nSPS) is 11.8. The number of hydrogen-bond donors (Lipinski definition) is 2. The van der Waals surface area contributed by atoms with E-state index in [1.165, 1.54) is 0 Å². The highest BCUT2D eigenvalue weighted by atomic mass is 32.2. The predicted octanol–water partition coefficient (Wildman–Crippen LogP) is 14.3. The SMILES string of the molecule is CSCCOc1ccccc1-c1c2nc(c(-c3ccccc3OCCSC)c3ccc([nH]3)c(-c3ccccc3OCCSC)c3nc(c(-c4ccccc4OCCSC)c4ccc1[nH]4)C=C3)C=C2. The molecule has 346 valence electrons. The van der Waals surface area contributed by atoms with Crippen LogP contribution in [0.15, 0.2) is 121 Å².